The fourth-order valence-corrected chi connectivity index (χ4v) is 2.69. The fraction of sp³-hybridized carbons (Fsp3) is 0.474. The van der Waals surface area contributed by atoms with Crippen LogP contribution in [0.2, 0.25) is 0 Å². The van der Waals surface area contributed by atoms with Gasteiger partial charge in [-0.25, -0.2) is 9.18 Å². The van der Waals surface area contributed by atoms with Crippen molar-refractivity contribution >= 4 is 17.6 Å². The van der Waals surface area contributed by atoms with E-state index in [-0.39, 0.29) is 12.4 Å². The largest absolute Gasteiger partial charge is 0.463 e. The van der Waals surface area contributed by atoms with Crippen molar-refractivity contribution in [2.24, 2.45) is 0 Å². The van der Waals surface area contributed by atoms with Crippen LogP contribution >= 0.6 is 0 Å². The Morgan fingerprint density at radius 3 is 2.44 bits per heavy atom. The normalized spacial score (nSPS) is 17.7. The van der Waals surface area contributed by atoms with Gasteiger partial charge in [0.15, 0.2) is 0 Å². The molecule has 1 atom stereocenters. The van der Waals surface area contributed by atoms with Crippen molar-refractivity contribution in [3.05, 3.63) is 41.7 Å². The van der Waals surface area contributed by atoms with Crippen LogP contribution in [0.1, 0.15) is 39.7 Å². The van der Waals surface area contributed by atoms with E-state index in [4.69, 9.17) is 9.47 Å². The highest BCUT2D eigenvalue weighted by molar-refractivity contribution is 5.78. The Morgan fingerprint density at radius 1 is 1.24 bits per heavy atom. The predicted octanol–water partition coefficient (Wildman–Crippen LogP) is 3.78. The average Bonchev–Trinajstić information content (AvgIpc) is 2.51. The van der Waals surface area contributed by atoms with Gasteiger partial charge in [-0.1, -0.05) is 18.2 Å². The molecule has 136 valence electrons. The van der Waals surface area contributed by atoms with Gasteiger partial charge in [-0.3, -0.25) is 9.69 Å². The molecule has 0 bridgehead atoms. The van der Waals surface area contributed by atoms with Crippen LogP contribution in [0.5, 0.6) is 0 Å². The van der Waals surface area contributed by atoms with Gasteiger partial charge in [-0.05, 0) is 50.5 Å². The Bertz CT molecular complexity index is 661. The van der Waals surface area contributed by atoms with Crippen LogP contribution in [0.25, 0.3) is 5.57 Å². The molecular weight excluding hydrogens is 325 g/mol. The van der Waals surface area contributed by atoms with Gasteiger partial charge in [-0.15, -0.1) is 0 Å². The molecule has 0 aliphatic carbocycles. The van der Waals surface area contributed by atoms with Crippen LogP contribution < -0.4 is 0 Å². The molecule has 5 nitrogen and oxygen atoms in total. The lowest BCUT2D eigenvalue weighted by Crippen LogP contribution is -2.48. The maximum Gasteiger partial charge on any atom is 0.410 e. The molecule has 0 radical (unpaired) electrons. The Labute approximate surface area is 147 Å². The number of halogens is 1. The summed E-state index contributed by atoms with van der Waals surface area (Å²) in [7, 11) is 0. The zero-order chi connectivity index (χ0) is 18.6. The van der Waals surface area contributed by atoms with Crippen molar-refractivity contribution in [3.63, 3.8) is 0 Å². The molecule has 6 heteroatoms. The molecule has 2 rings (SSSR count). The molecule has 1 amide bonds. The Morgan fingerprint density at radius 2 is 1.88 bits per heavy atom. The molecule has 1 aromatic rings. The molecule has 0 N–H and O–H groups in total. The summed E-state index contributed by atoms with van der Waals surface area (Å²) < 4.78 is 23.9. The van der Waals surface area contributed by atoms with E-state index < -0.39 is 23.7 Å². The van der Waals surface area contributed by atoms with Crippen molar-refractivity contribution in [2.75, 3.05) is 13.2 Å². The van der Waals surface area contributed by atoms with Gasteiger partial charge in [0.2, 0.25) is 0 Å². The molecule has 0 fully saturated rings. The predicted molar refractivity (Wildman–Crippen MR) is 92.4 cm³/mol. The zero-order valence-electron chi connectivity index (χ0n) is 15.0. The first kappa shape index (κ1) is 19.0. The van der Waals surface area contributed by atoms with Crippen molar-refractivity contribution in [3.8, 4) is 0 Å². The minimum absolute atomic E-state index is 0.0256. The number of hydrogen-bond acceptors (Lipinski definition) is 4. The molecular formula is C19H24FNO4. The number of amides is 1. The third-order valence-electron chi connectivity index (χ3n) is 3.72. The number of hydrogen-bond donors (Lipinski definition) is 0. The molecule has 1 aliphatic heterocycles. The Balaban J connectivity index is 2.30. The quantitative estimate of drug-likeness (QED) is 0.779. The first-order valence-electron chi connectivity index (χ1n) is 8.26. The van der Waals surface area contributed by atoms with Crippen LogP contribution in [-0.2, 0) is 14.3 Å². The van der Waals surface area contributed by atoms with Crippen molar-refractivity contribution in [1.29, 1.82) is 0 Å². The van der Waals surface area contributed by atoms with Crippen LogP contribution in [-0.4, -0.2) is 41.8 Å². The molecule has 1 aliphatic rings. The maximum atomic E-state index is 13.2. The minimum atomic E-state index is -0.625. The molecule has 1 aromatic carbocycles. The van der Waals surface area contributed by atoms with E-state index in [9.17, 15) is 14.0 Å². The van der Waals surface area contributed by atoms with E-state index in [0.717, 1.165) is 11.1 Å². The summed E-state index contributed by atoms with van der Waals surface area (Å²) in [5, 5.41) is 0. The molecule has 25 heavy (non-hydrogen) atoms. The lowest BCUT2D eigenvalue weighted by molar-refractivity contribution is -0.142. The highest BCUT2D eigenvalue weighted by Crippen LogP contribution is 2.29. The lowest BCUT2D eigenvalue weighted by Gasteiger charge is -2.37. The fourth-order valence-electron chi connectivity index (χ4n) is 2.69. The van der Waals surface area contributed by atoms with E-state index in [1.807, 2.05) is 6.08 Å². The van der Waals surface area contributed by atoms with Gasteiger partial charge in [0.1, 0.15) is 18.0 Å². The Hall–Kier alpha value is -2.37. The average molecular weight is 349 g/mol. The van der Waals surface area contributed by atoms with E-state index >= 15 is 0 Å². The number of carbonyl (C=O) groups excluding carboxylic acids is 2. The maximum absolute atomic E-state index is 13.2. The minimum Gasteiger partial charge on any atom is -0.463 e. The number of rotatable bonds is 3. The molecule has 0 aromatic heterocycles. The van der Waals surface area contributed by atoms with Crippen LogP contribution in [0, 0.1) is 5.82 Å². The van der Waals surface area contributed by atoms with Gasteiger partial charge in [0.25, 0.3) is 0 Å². The SMILES string of the molecule is CC(=O)OC[C@@H]1C(c2ccc(F)cc2)=CCCN1C(=O)OC(C)(C)C. The van der Waals surface area contributed by atoms with E-state index in [2.05, 4.69) is 0 Å². The van der Waals surface area contributed by atoms with Gasteiger partial charge >= 0.3 is 12.1 Å². The van der Waals surface area contributed by atoms with Crippen LogP contribution in [0.3, 0.4) is 0 Å². The highest BCUT2D eigenvalue weighted by atomic mass is 19.1. The molecule has 0 spiro atoms. The number of nitrogens with zero attached hydrogens (tertiary/aromatic N) is 1. The van der Waals surface area contributed by atoms with Crippen molar-refractivity contribution in [2.45, 2.75) is 45.8 Å². The second kappa shape index (κ2) is 7.68. The number of ether oxygens (including phenoxy) is 2. The molecule has 0 saturated carbocycles. The molecule has 1 heterocycles. The Kier molecular flexibility index (Phi) is 5.82. The second-order valence-electron chi connectivity index (χ2n) is 6.95. The third-order valence-corrected chi connectivity index (χ3v) is 3.72. The van der Waals surface area contributed by atoms with Crippen molar-refractivity contribution < 1.29 is 23.5 Å². The standard InChI is InChI=1S/C19H24FNO4/c1-13(22)24-12-17-16(14-7-9-15(20)10-8-14)6-5-11-21(17)18(23)25-19(2,3)4/h6-10,17H,5,11-12H2,1-4H3/t17-/m1/s1. The smallest absolute Gasteiger partial charge is 0.410 e. The van der Waals surface area contributed by atoms with Crippen LogP contribution in [0.4, 0.5) is 9.18 Å². The molecule has 0 unspecified atom stereocenters. The number of esters is 1. The summed E-state index contributed by atoms with van der Waals surface area (Å²) in [6.07, 6.45) is 2.17. The summed E-state index contributed by atoms with van der Waals surface area (Å²) in [5.74, 6) is -0.756. The van der Waals surface area contributed by atoms with Gasteiger partial charge in [-0.2, -0.15) is 0 Å². The summed E-state index contributed by atoms with van der Waals surface area (Å²) in [4.78, 5) is 25.4. The van der Waals surface area contributed by atoms with Gasteiger partial charge < -0.3 is 9.47 Å². The lowest BCUT2D eigenvalue weighted by atomic mass is 9.93. The first-order valence-corrected chi connectivity index (χ1v) is 8.26. The third kappa shape index (κ3) is 5.31. The topological polar surface area (TPSA) is 55.8 Å². The monoisotopic (exact) mass is 349 g/mol. The number of benzene rings is 1. The highest BCUT2D eigenvalue weighted by Gasteiger charge is 2.33. The summed E-state index contributed by atoms with van der Waals surface area (Å²) in [6.45, 7) is 7.21. The van der Waals surface area contributed by atoms with E-state index in [0.29, 0.717) is 13.0 Å². The second-order valence-corrected chi connectivity index (χ2v) is 6.95. The van der Waals surface area contributed by atoms with Crippen molar-refractivity contribution in [1.82, 2.24) is 4.90 Å². The van der Waals surface area contributed by atoms with E-state index in [1.54, 1.807) is 37.8 Å². The summed E-state index contributed by atoms with van der Waals surface area (Å²) >= 11 is 0. The van der Waals surface area contributed by atoms with Gasteiger partial charge in [0, 0.05) is 13.5 Å². The van der Waals surface area contributed by atoms with E-state index in [1.165, 1.54) is 19.1 Å². The summed E-state index contributed by atoms with van der Waals surface area (Å²) in [6, 6.07) is 5.57. The van der Waals surface area contributed by atoms with Gasteiger partial charge in [0.05, 0.1) is 6.04 Å². The van der Waals surface area contributed by atoms with Crippen LogP contribution in [0.15, 0.2) is 30.3 Å². The molecule has 0 saturated heterocycles. The number of carbonyl (C=O) groups is 2. The summed E-state index contributed by atoms with van der Waals surface area (Å²) in [5.41, 5.74) is 0.977. The first-order chi connectivity index (χ1) is 11.7. The zero-order valence-corrected chi connectivity index (χ0v) is 15.0.